The van der Waals surface area contributed by atoms with Gasteiger partial charge in [0.15, 0.2) is 0 Å². The molecule has 0 unspecified atom stereocenters. The van der Waals surface area contributed by atoms with Crippen LogP contribution in [0.25, 0.3) is 21.5 Å². The second kappa shape index (κ2) is 10.9. The molecule has 6 nitrogen and oxygen atoms in total. The first-order chi connectivity index (χ1) is 20.0. The van der Waals surface area contributed by atoms with E-state index in [4.69, 9.17) is 0 Å². The molecular formula is C35H26N2O4. The van der Waals surface area contributed by atoms with E-state index in [2.05, 4.69) is 9.98 Å². The number of hydrogen-bond donors (Lipinski definition) is 4. The van der Waals surface area contributed by atoms with Crippen molar-refractivity contribution in [3.05, 3.63) is 131 Å². The van der Waals surface area contributed by atoms with E-state index in [1.807, 2.05) is 72.8 Å². The van der Waals surface area contributed by atoms with Crippen LogP contribution >= 0.6 is 0 Å². The maximum atomic E-state index is 10.5. The summed E-state index contributed by atoms with van der Waals surface area (Å²) < 4.78 is 0. The molecule has 6 aromatic rings. The molecule has 0 aliphatic rings. The molecule has 200 valence electrons. The molecule has 4 N–H and O–H groups in total. The van der Waals surface area contributed by atoms with Crippen LogP contribution in [-0.2, 0) is 6.42 Å². The first-order valence-electron chi connectivity index (χ1n) is 13.1. The summed E-state index contributed by atoms with van der Waals surface area (Å²) in [4.78, 5) is 8.99. The molecule has 0 saturated carbocycles. The molecule has 0 radical (unpaired) electrons. The summed E-state index contributed by atoms with van der Waals surface area (Å²) in [6, 6.07) is 32.8. The standard InChI is InChI=1S/C35H26N2O4/c38-32-15-11-24-5-1-3-7-26(24)28(32)20-36-30-18-22(9-13-34(30)40)17-23-10-14-35(41)31(19-23)37-21-29-27-8-4-2-6-25(27)12-16-33(29)39/h1-16,18-21,38-41H,17H2. The van der Waals surface area contributed by atoms with E-state index in [9.17, 15) is 20.4 Å². The highest BCUT2D eigenvalue weighted by Gasteiger charge is 2.09. The topological polar surface area (TPSA) is 106 Å². The molecule has 6 aromatic carbocycles. The Hall–Kier alpha value is -5.62. The summed E-state index contributed by atoms with van der Waals surface area (Å²) in [6.45, 7) is 0. The minimum absolute atomic E-state index is 0.0237. The third-order valence-electron chi connectivity index (χ3n) is 7.05. The molecule has 0 aliphatic carbocycles. The lowest BCUT2D eigenvalue weighted by Gasteiger charge is -2.08. The van der Waals surface area contributed by atoms with Gasteiger partial charge in [0.25, 0.3) is 0 Å². The zero-order valence-electron chi connectivity index (χ0n) is 21.9. The molecule has 0 bridgehead atoms. The minimum atomic E-state index is 0.0237. The predicted octanol–water partition coefficient (Wildman–Crippen LogP) is 7.91. The summed E-state index contributed by atoms with van der Waals surface area (Å²) in [5.41, 5.74) is 3.68. The molecule has 0 aliphatic heterocycles. The number of hydrogen-bond acceptors (Lipinski definition) is 6. The molecule has 0 aromatic heterocycles. The Balaban J connectivity index is 1.27. The Labute approximate surface area is 236 Å². The Morgan fingerprint density at radius 3 is 1.34 bits per heavy atom. The van der Waals surface area contributed by atoms with E-state index < -0.39 is 0 Å². The van der Waals surface area contributed by atoms with Crippen LogP contribution in [-0.4, -0.2) is 32.9 Å². The van der Waals surface area contributed by atoms with Gasteiger partial charge in [-0.15, -0.1) is 0 Å². The maximum Gasteiger partial charge on any atom is 0.141 e. The fraction of sp³-hybridized carbons (Fsp3) is 0.0286. The summed E-state index contributed by atoms with van der Waals surface area (Å²) in [6.07, 6.45) is 3.63. The molecular weight excluding hydrogens is 512 g/mol. The van der Waals surface area contributed by atoms with E-state index in [0.717, 1.165) is 32.7 Å². The third-order valence-corrected chi connectivity index (χ3v) is 7.05. The zero-order chi connectivity index (χ0) is 28.3. The number of phenols is 4. The molecule has 0 amide bonds. The van der Waals surface area contributed by atoms with E-state index >= 15 is 0 Å². The van der Waals surface area contributed by atoms with Crippen molar-refractivity contribution >= 4 is 45.3 Å². The highest BCUT2D eigenvalue weighted by atomic mass is 16.3. The number of rotatable bonds is 6. The predicted molar refractivity (Wildman–Crippen MR) is 165 cm³/mol. The van der Waals surface area contributed by atoms with Crippen molar-refractivity contribution in [2.75, 3.05) is 0 Å². The molecule has 0 fully saturated rings. The van der Waals surface area contributed by atoms with Crippen molar-refractivity contribution in [2.24, 2.45) is 9.98 Å². The average Bonchev–Trinajstić information content (AvgIpc) is 2.99. The SMILES string of the molecule is Oc1ccc(Cc2ccc(O)c(N=Cc3c(O)ccc4ccccc34)c2)cc1N=Cc1c(O)ccc2ccccc12. The highest BCUT2D eigenvalue weighted by molar-refractivity contribution is 6.04. The average molecular weight is 539 g/mol. The van der Waals surface area contributed by atoms with Gasteiger partial charge in [0.05, 0.1) is 0 Å². The van der Waals surface area contributed by atoms with Gasteiger partial charge >= 0.3 is 0 Å². The van der Waals surface area contributed by atoms with Gasteiger partial charge in [-0.1, -0.05) is 72.8 Å². The molecule has 0 saturated heterocycles. The number of nitrogens with zero attached hydrogens (tertiary/aromatic N) is 2. The van der Waals surface area contributed by atoms with E-state index in [-0.39, 0.29) is 23.0 Å². The lowest BCUT2D eigenvalue weighted by atomic mass is 10.0. The third kappa shape index (κ3) is 5.31. The van der Waals surface area contributed by atoms with Gasteiger partial charge in [-0.05, 0) is 75.5 Å². The molecule has 41 heavy (non-hydrogen) atoms. The quantitative estimate of drug-likeness (QED) is 0.162. The first kappa shape index (κ1) is 25.6. The second-order valence-electron chi connectivity index (χ2n) is 9.78. The van der Waals surface area contributed by atoms with Gasteiger partial charge in [0.1, 0.15) is 34.4 Å². The van der Waals surface area contributed by atoms with Crippen LogP contribution in [0.3, 0.4) is 0 Å². The molecule has 6 rings (SSSR count). The summed E-state index contributed by atoms with van der Waals surface area (Å²) in [7, 11) is 0. The van der Waals surface area contributed by atoms with E-state index in [1.54, 1.807) is 48.8 Å². The van der Waals surface area contributed by atoms with Crippen LogP contribution in [0.1, 0.15) is 22.3 Å². The van der Waals surface area contributed by atoms with Gasteiger partial charge < -0.3 is 20.4 Å². The van der Waals surface area contributed by atoms with E-state index in [0.29, 0.717) is 28.9 Å². The Morgan fingerprint density at radius 1 is 0.463 bits per heavy atom. The molecule has 6 heteroatoms. The summed E-state index contributed by atoms with van der Waals surface area (Å²) in [5.74, 6) is 0.264. The van der Waals surface area contributed by atoms with Crippen molar-refractivity contribution < 1.29 is 20.4 Å². The van der Waals surface area contributed by atoms with Crippen LogP contribution in [0.4, 0.5) is 11.4 Å². The number of fused-ring (bicyclic) bond motifs is 2. The molecule has 0 atom stereocenters. The van der Waals surface area contributed by atoms with E-state index in [1.165, 1.54) is 0 Å². The Kier molecular flexibility index (Phi) is 6.80. The number of benzene rings is 6. The van der Waals surface area contributed by atoms with Gasteiger partial charge in [-0.3, -0.25) is 9.98 Å². The molecule has 0 spiro atoms. The van der Waals surface area contributed by atoms with Crippen molar-refractivity contribution in [2.45, 2.75) is 6.42 Å². The summed E-state index contributed by atoms with van der Waals surface area (Å²) in [5, 5.41) is 45.5. The lowest BCUT2D eigenvalue weighted by Crippen LogP contribution is -1.90. The fourth-order valence-corrected chi connectivity index (χ4v) is 4.91. The monoisotopic (exact) mass is 538 g/mol. The van der Waals surface area contributed by atoms with Gasteiger partial charge in [0, 0.05) is 23.6 Å². The Bertz CT molecular complexity index is 1840. The zero-order valence-corrected chi connectivity index (χ0v) is 21.9. The van der Waals surface area contributed by atoms with Crippen LogP contribution in [0.5, 0.6) is 23.0 Å². The van der Waals surface area contributed by atoms with Crippen molar-refractivity contribution in [3.8, 4) is 23.0 Å². The van der Waals surface area contributed by atoms with Gasteiger partial charge in [-0.25, -0.2) is 0 Å². The number of aromatic hydroxyl groups is 4. The summed E-state index contributed by atoms with van der Waals surface area (Å²) >= 11 is 0. The first-order valence-corrected chi connectivity index (χ1v) is 13.1. The lowest BCUT2D eigenvalue weighted by molar-refractivity contribution is 0.474. The number of phenolic OH excluding ortho intramolecular Hbond substituents is 4. The Morgan fingerprint density at radius 2 is 0.878 bits per heavy atom. The van der Waals surface area contributed by atoms with Crippen LogP contribution in [0.15, 0.2) is 119 Å². The smallest absolute Gasteiger partial charge is 0.141 e. The van der Waals surface area contributed by atoms with Crippen molar-refractivity contribution in [1.29, 1.82) is 0 Å². The number of aliphatic imine (C=N–C) groups is 2. The highest BCUT2D eigenvalue weighted by Crippen LogP contribution is 2.33. The van der Waals surface area contributed by atoms with Gasteiger partial charge in [0.2, 0.25) is 0 Å². The second-order valence-corrected chi connectivity index (χ2v) is 9.78. The molecule has 0 heterocycles. The van der Waals surface area contributed by atoms with Crippen molar-refractivity contribution in [3.63, 3.8) is 0 Å². The van der Waals surface area contributed by atoms with Crippen molar-refractivity contribution in [1.82, 2.24) is 0 Å². The normalized spacial score (nSPS) is 11.7. The van der Waals surface area contributed by atoms with Crippen LogP contribution in [0, 0.1) is 0 Å². The van der Waals surface area contributed by atoms with Gasteiger partial charge in [-0.2, -0.15) is 0 Å². The largest absolute Gasteiger partial charge is 0.507 e. The fourth-order valence-electron chi connectivity index (χ4n) is 4.91. The maximum absolute atomic E-state index is 10.5. The minimum Gasteiger partial charge on any atom is -0.507 e. The van der Waals surface area contributed by atoms with Crippen LogP contribution in [0.2, 0.25) is 0 Å². The van der Waals surface area contributed by atoms with Crippen LogP contribution < -0.4 is 0 Å².